The molecule has 1 aromatic carbocycles. The molecule has 3 fully saturated rings. The average Bonchev–Trinajstić information content (AvgIpc) is 3.38. The second kappa shape index (κ2) is 15.6. The van der Waals surface area contributed by atoms with Crippen LogP contribution in [0.4, 0.5) is 0 Å². The molecule has 3 aliphatic carbocycles. The van der Waals surface area contributed by atoms with E-state index in [2.05, 4.69) is 11.0 Å². The molecular formula is C34H53NO10. The maximum Gasteiger partial charge on any atom is 0.166 e. The van der Waals surface area contributed by atoms with Crippen LogP contribution < -0.4 is 9.47 Å². The average molecular weight is 636 g/mol. The molecule has 5 aliphatic rings. The second-order valence-corrected chi connectivity index (χ2v) is 13.1. The summed E-state index contributed by atoms with van der Waals surface area (Å²) in [4.78, 5) is 2.56. The lowest BCUT2D eigenvalue weighted by Gasteiger charge is -2.64. The second-order valence-electron chi connectivity index (χ2n) is 13.1. The van der Waals surface area contributed by atoms with E-state index in [1.54, 1.807) is 7.11 Å². The summed E-state index contributed by atoms with van der Waals surface area (Å²) in [5.41, 5.74) is 0.824. The topological polar surface area (TPSA) is 118 Å². The molecule has 0 aromatic heterocycles. The van der Waals surface area contributed by atoms with E-state index in [1.165, 1.54) is 24.8 Å². The molecule has 1 spiro atoms. The maximum absolute atomic E-state index is 12.5. The normalized spacial score (nSPS) is 30.2. The lowest BCUT2D eigenvalue weighted by Crippen LogP contribution is -2.77. The zero-order chi connectivity index (χ0) is 31.1. The number of ether oxygens (including phenoxy) is 8. The lowest BCUT2D eigenvalue weighted by molar-refractivity contribution is -0.209. The Morgan fingerprint density at radius 1 is 0.822 bits per heavy atom. The van der Waals surface area contributed by atoms with Crippen LogP contribution in [0, 0.1) is 5.92 Å². The minimum Gasteiger partial charge on any atom is -0.487 e. The van der Waals surface area contributed by atoms with Crippen LogP contribution in [0.2, 0.25) is 0 Å². The summed E-state index contributed by atoms with van der Waals surface area (Å²) in [6, 6.07) is 4.22. The Hall–Kier alpha value is -1.54. The van der Waals surface area contributed by atoms with Crippen molar-refractivity contribution in [2.45, 2.75) is 74.2 Å². The van der Waals surface area contributed by atoms with Crippen molar-refractivity contribution >= 4 is 0 Å². The Morgan fingerprint density at radius 2 is 1.44 bits per heavy atom. The molecule has 1 unspecified atom stereocenters. The van der Waals surface area contributed by atoms with E-state index in [4.69, 9.17) is 37.9 Å². The van der Waals surface area contributed by atoms with E-state index in [0.29, 0.717) is 104 Å². The van der Waals surface area contributed by atoms with Crippen LogP contribution in [0.1, 0.15) is 49.7 Å². The predicted octanol–water partition coefficient (Wildman–Crippen LogP) is 2.11. The third-order valence-electron chi connectivity index (χ3n) is 10.6. The number of piperidine rings is 1. The van der Waals surface area contributed by atoms with Crippen molar-refractivity contribution in [3.8, 4) is 11.5 Å². The third-order valence-corrected chi connectivity index (χ3v) is 10.6. The van der Waals surface area contributed by atoms with E-state index in [-0.39, 0.29) is 6.04 Å². The Kier molecular flexibility index (Phi) is 11.5. The minimum atomic E-state index is -0.906. The number of aliphatic hydroxyl groups is 2. The number of hydrogen-bond acceptors (Lipinski definition) is 11. The standard InChI is InChI=1S/C34H53NO10/c1-38-11-12-39-13-14-40-15-16-41-17-18-42-19-20-43-21-22-44-28-6-5-26-23-29-34(37)8-7-27(36)32-33(34,30(26)31(28)45-32)9-10-35(29)24-25-3-2-4-25/h5-6,25,27,29,32,36-37H,2-4,7-24H2,1H3/t27-,29?,32-,33-,34+/m0/s1. The van der Waals surface area contributed by atoms with Crippen LogP contribution in [-0.2, 0) is 40.3 Å². The first-order valence-electron chi connectivity index (χ1n) is 17.1. The van der Waals surface area contributed by atoms with Crippen LogP contribution in [0.5, 0.6) is 11.5 Å². The van der Waals surface area contributed by atoms with Crippen LogP contribution in [0.25, 0.3) is 0 Å². The molecule has 0 amide bonds. The summed E-state index contributed by atoms with van der Waals surface area (Å²) >= 11 is 0. The molecule has 2 N–H and O–H groups in total. The van der Waals surface area contributed by atoms with Gasteiger partial charge in [-0.05, 0) is 62.6 Å². The van der Waals surface area contributed by atoms with Gasteiger partial charge in [-0.25, -0.2) is 0 Å². The van der Waals surface area contributed by atoms with Gasteiger partial charge in [0.1, 0.15) is 12.7 Å². The highest BCUT2D eigenvalue weighted by Gasteiger charge is 2.73. The van der Waals surface area contributed by atoms with Gasteiger partial charge in [-0.3, -0.25) is 4.90 Å². The van der Waals surface area contributed by atoms with Gasteiger partial charge in [0.15, 0.2) is 11.5 Å². The van der Waals surface area contributed by atoms with E-state index in [9.17, 15) is 10.2 Å². The number of likely N-dealkylation sites (tertiary alicyclic amines) is 1. The van der Waals surface area contributed by atoms with Crippen molar-refractivity contribution in [3.05, 3.63) is 23.3 Å². The van der Waals surface area contributed by atoms with Gasteiger partial charge in [-0.2, -0.15) is 0 Å². The molecule has 5 atom stereocenters. The number of hydrogen-bond donors (Lipinski definition) is 2. The summed E-state index contributed by atoms with van der Waals surface area (Å²) in [5, 5.41) is 23.7. The van der Waals surface area contributed by atoms with Crippen LogP contribution in [0.3, 0.4) is 0 Å². The highest BCUT2D eigenvalue weighted by atomic mass is 16.6. The maximum atomic E-state index is 12.5. The summed E-state index contributed by atoms with van der Waals surface area (Å²) in [6.07, 6.45) is 5.65. The number of nitrogens with zero attached hydrogens (tertiary/aromatic N) is 1. The summed E-state index contributed by atoms with van der Waals surface area (Å²) in [7, 11) is 1.65. The van der Waals surface area contributed by atoms with Gasteiger partial charge in [0, 0.05) is 25.3 Å². The van der Waals surface area contributed by atoms with Gasteiger partial charge >= 0.3 is 0 Å². The van der Waals surface area contributed by atoms with Gasteiger partial charge < -0.3 is 48.1 Å². The van der Waals surface area contributed by atoms with E-state index in [0.717, 1.165) is 37.4 Å². The van der Waals surface area contributed by atoms with Crippen LogP contribution >= 0.6 is 0 Å². The molecule has 254 valence electrons. The Morgan fingerprint density at radius 3 is 2.04 bits per heavy atom. The van der Waals surface area contributed by atoms with Crippen LogP contribution in [0.15, 0.2) is 12.1 Å². The van der Waals surface area contributed by atoms with Crippen molar-refractivity contribution in [1.29, 1.82) is 0 Å². The Bertz CT molecular complexity index is 1090. The van der Waals surface area contributed by atoms with E-state index < -0.39 is 23.2 Å². The van der Waals surface area contributed by atoms with Crippen LogP contribution in [-0.4, -0.2) is 138 Å². The molecule has 11 heteroatoms. The summed E-state index contributed by atoms with van der Waals surface area (Å²) in [6.45, 7) is 8.04. The van der Waals surface area contributed by atoms with Gasteiger partial charge in [-0.15, -0.1) is 0 Å². The SMILES string of the molecule is COCCOCCOCCOCCOCCOCCOc1ccc2c3c1O[C@H]1[C@@H](O)CC[C@@]4(O)C(C2)N(CC2CCC2)CC[C@]314. The number of aliphatic hydroxyl groups excluding tert-OH is 1. The van der Waals surface area contributed by atoms with Crippen molar-refractivity contribution < 1.29 is 48.1 Å². The van der Waals surface area contributed by atoms with Gasteiger partial charge in [0.25, 0.3) is 0 Å². The van der Waals surface area contributed by atoms with Crippen molar-refractivity contribution in [2.75, 3.05) is 99.5 Å². The quantitative estimate of drug-likeness (QED) is 0.194. The van der Waals surface area contributed by atoms with E-state index >= 15 is 0 Å². The largest absolute Gasteiger partial charge is 0.487 e. The molecule has 2 saturated carbocycles. The highest BCUT2D eigenvalue weighted by molar-refractivity contribution is 5.63. The molecule has 0 radical (unpaired) electrons. The number of rotatable bonds is 21. The zero-order valence-electron chi connectivity index (χ0n) is 26.9. The third kappa shape index (κ3) is 6.89. The molecule has 45 heavy (non-hydrogen) atoms. The fourth-order valence-corrected chi connectivity index (χ4v) is 8.27. The highest BCUT2D eigenvalue weighted by Crippen LogP contribution is 2.65. The van der Waals surface area contributed by atoms with Crippen molar-refractivity contribution in [3.63, 3.8) is 0 Å². The monoisotopic (exact) mass is 635 g/mol. The number of benzene rings is 1. The lowest BCUT2D eigenvalue weighted by atomic mass is 9.48. The molecule has 2 bridgehead atoms. The Balaban J connectivity index is 0.913. The molecule has 2 heterocycles. The first-order chi connectivity index (χ1) is 22.1. The summed E-state index contributed by atoms with van der Waals surface area (Å²) < 4.78 is 45.3. The molecule has 1 aromatic rings. The Labute approximate surface area is 267 Å². The fourth-order valence-electron chi connectivity index (χ4n) is 8.27. The molecule has 6 rings (SSSR count). The van der Waals surface area contributed by atoms with E-state index in [1.807, 2.05) is 6.07 Å². The minimum absolute atomic E-state index is 0.0638. The smallest absolute Gasteiger partial charge is 0.166 e. The first kappa shape index (κ1) is 33.4. The fraction of sp³-hybridized carbons (Fsp3) is 0.824. The van der Waals surface area contributed by atoms with Gasteiger partial charge in [0.05, 0.1) is 89.8 Å². The van der Waals surface area contributed by atoms with Crippen molar-refractivity contribution in [1.82, 2.24) is 4.90 Å². The summed E-state index contributed by atoms with van der Waals surface area (Å²) in [5.74, 6) is 2.13. The first-order valence-corrected chi connectivity index (χ1v) is 17.1. The molecule has 11 nitrogen and oxygen atoms in total. The molecule has 1 saturated heterocycles. The predicted molar refractivity (Wildman–Crippen MR) is 165 cm³/mol. The van der Waals surface area contributed by atoms with Gasteiger partial charge in [-0.1, -0.05) is 12.5 Å². The number of methoxy groups -OCH3 is 1. The molecule has 2 aliphatic heterocycles. The molecular weight excluding hydrogens is 582 g/mol. The van der Waals surface area contributed by atoms with Gasteiger partial charge in [0.2, 0.25) is 0 Å². The van der Waals surface area contributed by atoms with Crippen molar-refractivity contribution in [2.24, 2.45) is 5.92 Å². The zero-order valence-corrected chi connectivity index (χ0v) is 26.9.